The summed E-state index contributed by atoms with van der Waals surface area (Å²) >= 11 is 0. The maximum absolute atomic E-state index is 11.6. The number of nitrogens with zero attached hydrogens (tertiary/aromatic N) is 2. The minimum atomic E-state index is -0.145. The second-order valence-electron chi connectivity index (χ2n) is 4.61. The number of rotatable bonds is 2. The van der Waals surface area contributed by atoms with Crippen LogP contribution in [0.4, 0.5) is 0 Å². The highest BCUT2D eigenvalue weighted by molar-refractivity contribution is 5.65. The van der Waals surface area contributed by atoms with Crippen molar-refractivity contribution in [3.05, 3.63) is 45.7 Å². The van der Waals surface area contributed by atoms with E-state index in [1.54, 1.807) is 13.1 Å². The van der Waals surface area contributed by atoms with Gasteiger partial charge >= 0.3 is 0 Å². The van der Waals surface area contributed by atoms with Gasteiger partial charge in [0, 0.05) is 31.6 Å². The van der Waals surface area contributed by atoms with Crippen LogP contribution in [-0.2, 0) is 20.0 Å². The molecule has 0 fully saturated rings. The van der Waals surface area contributed by atoms with Crippen molar-refractivity contribution >= 4 is 0 Å². The average Bonchev–Trinajstić information content (AvgIpc) is 2.88. The summed E-state index contributed by atoms with van der Waals surface area (Å²) in [5, 5.41) is 4.32. The van der Waals surface area contributed by atoms with Crippen molar-refractivity contribution in [1.82, 2.24) is 9.78 Å². The third-order valence-corrected chi connectivity index (χ3v) is 3.35. The van der Waals surface area contributed by atoms with Crippen LogP contribution >= 0.6 is 0 Å². The first-order valence-corrected chi connectivity index (χ1v) is 6.22. The van der Waals surface area contributed by atoms with E-state index in [1.165, 1.54) is 10.2 Å². The molecular formula is C14H15N3O2. The number of fused-ring (bicyclic) bond motifs is 1. The number of aryl methyl sites for hydroxylation is 1. The smallest absolute Gasteiger partial charge is 0.266 e. The highest BCUT2D eigenvalue weighted by Gasteiger charge is 2.15. The molecule has 0 bridgehead atoms. The summed E-state index contributed by atoms with van der Waals surface area (Å²) in [5.74, 6) is 0.933. The SMILES string of the molecule is Cn1nc(-c2ccc3c(c2)CCO3)c(CN)cc1=O. The van der Waals surface area contributed by atoms with Gasteiger partial charge in [0.1, 0.15) is 5.75 Å². The summed E-state index contributed by atoms with van der Waals surface area (Å²) in [6.45, 7) is 1.02. The number of nitrogens with two attached hydrogens (primary N) is 1. The lowest BCUT2D eigenvalue weighted by atomic mass is 10.0. The molecule has 2 aromatic rings. The van der Waals surface area contributed by atoms with Gasteiger partial charge in [-0.2, -0.15) is 5.10 Å². The molecule has 1 aliphatic rings. The molecule has 0 unspecified atom stereocenters. The molecule has 0 amide bonds. The van der Waals surface area contributed by atoms with Gasteiger partial charge in [-0.1, -0.05) is 0 Å². The van der Waals surface area contributed by atoms with E-state index < -0.39 is 0 Å². The summed E-state index contributed by atoms with van der Waals surface area (Å²) in [7, 11) is 1.64. The van der Waals surface area contributed by atoms with Gasteiger partial charge < -0.3 is 10.5 Å². The fourth-order valence-electron chi connectivity index (χ4n) is 2.31. The summed E-state index contributed by atoms with van der Waals surface area (Å²) in [5.41, 5.74) is 9.24. The van der Waals surface area contributed by atoms with Crippen LogP contribution in [0.3, 0.4) is 0 Å². The van der Waals surface area contributed by atoms with Crippen molar-refractivity contribution in [1.29, 1.82) is 0 Å². The molecule has 2 N–H and O–H groups in total. The Morgan fingerprint density at radius 3 is 3.05 bits per heavy atom. The highest BCUT2D eigenvalue weighted by Crippen LogP contribution is 2.30. The van der Waals surface area contributed by atoms with Gasteiger partial charge in [0.25, 0.3) is 5.56 Å². The van der Waals surface area contributed by atoms with Crippen molar-refractivity contribution in [2.75, 3.05) is 6.61 Å². The Balaban J connectivity index is 2.16. The highest BCUT2D eigenvalue weighted by atomic mass is 16.5. The number of benzene rings is 1. The zero-order valence-electron chi connectivity index (χ0n) is 10.7. The lowest BCUT2D eigenvalue weighted by Gasteiger charge is -2.09. The molecule has 19 heavy (non-hydrogen) atoms. The molecule has 1 aromatic heterocycles. The lowest BCUT2D eigenvalue weighted by molar-refractivity contribution is 0.357. The standard InChI is InChI=1S/C14H15N3O2/c1-17-13(18)7-11(8-15)14(16-17)10-2-3-12-9(6-10)4-5-19-12/h2-3,6-7H,4-5,8,15H2,1H3. The van der Waals surface area contributed by atoms with Crippen molar-refractivity contribution in [3.63, 3.8) is 0 Å². The molecule has 0 radical (unpaired) electrons. The van der Waals surface area contributed by atoms with Crippen LogP contribution in [0, 0.1) is 0 Å². The summed E-state index contributed by atoms with van der Waals surface area (Å²) in [6, 6.07) is 7.52. The van der Waals surface area contributed by atoms with Crippen molar-refractivity contribution in [3.8, 4) is 17.0 Å². The fourth-order valence-corrected chi connectivity index (χ4v) is 2.31. The molecule has 0 atom stereocenters. The van der Waals surface area contributed by atoms with Crippen molar-refractivity contribution in [2.45, 2.75) is 13.0 Å². The molecule has 5 heteroatoms. The van der Waals surface area contributed by atoms with Crippen LogP contribution in [-0.4, -0.2) is 16.4 Å². The van der Waals surface area contributed by atoms with Gasteiger partial charge in [-0.05, 0) is 29.3 Å². The number of hydrogen-bond acceptors (Lipinski definition) is 4. The van der Waals surface area contributed by atoms with Crippen LogP contribution in [0.25, 0.3) is 11.3 Å². The zero-order chi connectivity index (χ0) is 13.4. The first-order chi connectivity index (χ1) is 9.19. The van der Waals surface area contributed by atoms with Gasteiger partial charge in [0.2, 0.25) is 0 Å². The van der Waals surface area contributed by atoms with Gasteiger partial charge in [-0.3, -0.25) is 4.79 Å². The van der Waals surface area contributed by atoms with Gasteiger partial charge in [-0.15, -0.1) is 0 Å². The second kappa shape index (κ2) is 4.51. The van der Waals surface area contributed by atoms with Gasteiger partial charge in [0.15, 0.2) is 0 Å². The van der Waals surface area contributed by atoms with E-state index in [-0.39, 0.29) is 5.56 Å². The zero-order valence-corrected chi connectivity index (χ0v) is 10.7. The largest absolute Gasteiger partial charge is 0.493 e. The van der Waals surface area contributed by atoms with Gasteiger partial charge in [-0.25, -0.2) is 4.68 Å². The molecule has 0 aliphatic carbocycles. The number of aromatic nitrogens is 2. The summed E-state index contributed by atoms with van der Waals surface area (Å²) in [4.78, 5) is 11.6. The van der Waals surface area contributed by atoms with Crippen molar-refractivity contribution < 1.29 is 4.74 Å². The molecule has 3 rings (SSSR count). The minimum Gasteiger partial charge on any atom is -0.493 e. The average molecular weight is 257 g/mol. The molecule has 0 saturated heterocycles. The summed E-state index contributed by atoms with van der Waals surface area (Å²) in [6.07, 6.45) is 0.910. The first kappa shape index (κ1) is 11.9. The Kier molecular flexibility index (Phi) is 2.83. The van der Waals surface area contributed by atoms with Crippen LogP contribution < -0.4 is 16.0 Å². The first-order valence-electron chi connectivity index (χ1n) is 6.22. The molecule has 1 aromatic carbocycles. The Labute approximate surface area is 110 Å². The molecule has 0 spiro atoms. The monoisotopic (exact) mass is 257 g/mol. The topological polar surface area (TPSA) is 70.1 Å². The van der Waals surface area contributed by atoms with Crippen LogP contribution in [0.5, 0.6) is 5.75 Å². The molecule has 98 valence electrons. The van der Waals surface area contributed by atoms with E-state index in [4.69, 9.17) is 10.5 Å². The van der Waals surface area contributed by atoms with E-state index in [0.717, 1.165) is 35.6 Å². The van der Waals surface area contributed by atoms with Crippen LogP contribution in [0.15, 0.2) is 29.1 Å². The Morgan fingerprint density at radius 2 is 2.26 bits per heavy atom. The maximum Gasteiger partial charge on any atom is 0.266 e. The Bertz CT molecular complexity index is 692. The van der Waals surface area contributed by atoms with Gasteiger partial charge in [0.05, 0.1) is 12.3 Å². The van der Waals surface area contributed by atoms with E-state index in [1.807, 2.05) is 12.1 Å². The summed E-state index contributed by atoms with van der Waals surface area (Å²) < 4.78 is 6.82. The fraction of sp³-hybridized carbons (Fsp3) is 0.286. The minimum absolute atomic E-state index is 0.145. The molecule has 5 nitrogen and oxygen atoms in total. The van der Waals surface area contributed by atoms with E-state index in [0.29, 0.717) is 6.54 Å². The van der Waals surface area contributed by atoms with E-state index in [9.17, 15) is 4.79 Å². The van der Waals surface area contributed by atoms with Crippen LogP contribution in [0.2, 0.25) is 0 Å². The normalized spacial score (nSPS) is 13.2. The number of ether oxygens (including phenoxy) is 1. The third kappa shape index (κ3) is 2.02. The second-order valence-corrected chi connectivity index (χ2v) is 4.61. The maximum atomic E-state index is 11.6. The predicted molar refractivity (Wildman–Crippen MR) is 72.0 cm³/mol. The van der Waals surface area contributed by atoms with E-state index in [2.05, 4.69) is 11.2 Å². The molecule has 2 heterocycles. The Hall–Kier alpha value is -2.14. The Morgan fingerprint density at radius 1 is 1.42 bits per heavy atom. The van der Waals surface area contributed by atoms with Crippen LogP contribution in [0.1, 0.15) is 11.1 Å². The third-order valence-electron chi connectivity index (χ3n) is 3.35. The quantitative estimate of drug-likeness (QED) is 0.865. The molecule has 0 saturated carbocycles. The number of hydrogen-bond donors (Lipinski definition) is 1. The molecular weight excluding hydrogens is 242 g/mol. The lowest BCUT2D eigenvalue weighted by Crippen LogP contribution is -2.21. The molecule has 1 aliphatic heterocycles. The predicted octanol–water partition coefficient (Wildman–Crippen LogP) is 0.841. The van der Waals surface area contributed by atoms with E-state index >= 15 is 0 Å². The van der Waals surface area contributed by atoms with Crippen molar-refractivity contribution in [2.24, 2.45) is 12.8 Å².